The van der Waals surface area contributed by atoms with E-state index < -0.39 is 0 Å². The molecule has 1 radical (unpaired) electrons. The molecular weight excluding hydrogens is 704 g/mol. The molecule has 4 heteroatoms. The third-order valence-electron chi connectivity index (χ3n) is 11.0. The summed E-state index contributed by atoms with van der Waals surface area (Å²) in [4.78, 5) is 0. The van der Waals surface area contributed by atoms with Gasteiger partial charge < -0.3 is 9.47 Å². The number of rotatable bonds is 0. The van der Waals surface area contributed by atoms with Crippen LogP contribution in [-0.4, -0.2) is 13.2 Å². The van der Waals surface area contributed by atoms with E-state index in [-0.39, 0.29) is 26.6 Å². The van der Waals surface area contributed by atoms with Crippen molar-refractivity contribution in [3.63, 3.8) is 0 Å². The number of fused-ring (bicyclic) bond motifs is 10. The van der Waals surface area contributed by atoms with Gasteiger partial charge in [-0.05, 0) is 67.8 Å². The largest absolute Gasteiger partial charge is 0.493 e. The zero-order valence-electron chi connectivity index (χ0n) is 28.5. The minimum Gasteiger partial charge on any atom is -0.493 e. The number of hydrogen-bond acceptors (Lipinski definition) is 3. The molecule has 0 aromatic heterocycles. The Morgan fingerprint density at radius 3 is 1.54 bits per heavy atom. The van der Waals surface area contributed by atoms with Gasteiger partial charge in [0.2, 0.25) is 0 Å². The van der Waals surface area contributed by atoms with E-state index in [0.717, 1.165) is 37.6 Å². The van der Waals surface area contributed by atoms with Crippen molar-refractivity contribution in [2.24, 2.45) is 0 Å². The van der Waals surface area contributed by atoms with Gasteiger partial charge in [-0.1, -0.05) is 158 Å². The van der Waals surface area contributed by atoms with Gasteiger partial charge in [0.05, 0.1) is 22.7 Å². The summed E-state index contributed by atoms with van der Waals surface area (Å²) in [5, 5.41) is 0. The molecule has 1 atom stereocenters. The second-order valence-electron chi connectivity index (χ2n) is 13.7. The third-order valence-corrected chi connectivity index (χ3v) is 13.0. The summed E-state index contributed by atoms with van der Waals surface area (Å²) in [6.45, 7) is 1.51. The van der Waals surface area contributed by atoms with E-state index in [1.54, 1.807) is 0 Å². The minimum atomic E-state index is -0.0381. The van der Waals surface area contributed by atoms with Gasteiger partial charge in [-0.25, -0.2) is 0 Å². The van der Waals surface area contributed by atoms with Crippen LogP contribution in [0.1, 0.15) is 68.5 Å². The monoisotopic (exact) mass is 739 g/mol. The summed E-state index contributed by atoms with van der Waals surface area (Å²) >= 11 is 2.10. The van der Waals surface area contributed by atoms with Crippen molar-refractivity contribution in [2.45, 2.75) is 22.3 Å². The van der Waals surface area contributed by atoms with Crippen LogP contribution in [0.2, 0.25) is 0 Å². The average Bonchev–Trinajstić information content (AvgIpc) is 3.92. The minimum absolute atomic E-state index is 0. The molecule has 1 fully saturated rings. The summed E-state index contributed by atoms with van der Waals surface area (Å²) in [7, 11) is 0. The van der Waals surface area contributed by atoms with Crippen LogP contribution in [0.5, 0.6) is 11.5 Å². The molecule has 257 valence electrons. The number of hydrogen-bond donors (Lipinski definition) is 0. The van der Waals surface area contributed by atoms with E-state index >= 15 is 0 Å². The first-order valence-corrected chi connectivity index (χ1v) is 18.7. The van der Waals surface area contributed by atoms with Crippen molar-refractivity contribution in [2.75, 3.05) is 13.2 Å². The molecule has 0 saturated carbocycles. The smallest absolute Gasteiger partial charge is 0.126 e. The van der Waals surface area contributed by atoms with Crippen LogP contribution in [0.4, 0.5) is 0 Å². The van der Waals surface area contributed by atoms with Crippen molar-refractivity contribution in [3.05, 3.63) is 201 Å². The van der Waals surface area contributed by atoms with E-state index in [0.29, 0.717) is 0 Å². The molecule has 6 aromatic rings. The van der Waals surface area contributed by atoms with Gasteiger partial charge >= 0.3 is 0 Å². The Morgan fingerprint density at radius 2 is 0.904 bits per heavy atom. The molecule has 2 nitrogen and oxygen atoms in total. The molecule has 0 bridgehead atoms. The predicted octanol–water partition coefficient (Wildman–Crippen LogP) is 11.7. The fourth-order valence-corrected chi connectivity index (χ4v) is 10.7. The Kier molecular flexibility index (Phi) is 8.35. The van der Waals surface area contributed by atoms with Gasteiger partial charge in [-0.2, -0.15) is 0 Å². The SMILES string of the molecule is C1=Cc2ccccc2C(=C2CCOc3ccccc32)c2ccccc21.C1=Cc2ccccc2C2(SC23CCOc2ccccc23)c2ccccc21.[Cu]. The zero-order chi connectivity index (χ0) is 33.8. The Balaban J connectivity index is 0.000000136. The van der Waals surface area contributed by atoms with E-state index in [4.69, 9.17) is 9.47 Å². The molecule has 0 N–H and O–H groups in total. The van der Waals surface area contributed by atoms with Gasteiger partial charge in [0.1, 0.15) is 11.5 Å². The van der Waals surface area contributed by atoms with Gasteiger partial charge in [0, 0.05) is 41.0 Å². The summed E-state index contributed by atoms with van der Waals surface area (Å²) < 4.78 is 11.9. The number of benzene rings is 6. The van der Waals surface area contributed by atoms with Crippen LogP contribution >= 0.6 is 11.8 Å². The maximum absolute atomic E-state index is 6.01. The molecule has 5 aliphatic rings. The van der Waals surface area contributed by atoms with E-state index in [1.807, 2.05) is 6.07 Å². The third kappa shape index (κ3) is 5.08. The first kappa shape index (κ1) is 32.9. The Labute approximate surface area is 320 Å². The van der Waals surface area contributed by atoms with Crippen LogP contribution < -0.4 is 9.47 Å². The molecule has 2 spiro atoms. The standard InChI is InChI=1S/C24H18OS.C24H18O.Cu/c1-3-9-19-17(7-1)13-14-18-8-2-4-10-20(18)24(19)23(26-24)15-16-25-22-12-6-5-11-21(22)23;1-3-9-19-17(7-1)13-14-18-8-2-4-10-20(18)24(19)22-15-16-25-23-12-6-5-11-21(22)23;/h1-14H,15-16H2;1-14H,15-16H2;. The van der Waals surface area contributed by atoms with Crippen molar-refractivity contribution in [3.8, 4) is 11.5 Å². The summed E-state index contributed by atoms with van der Waals surface area (Å²) in [5.41, 5.74) is 16.0. The van der Waals surface area contributed by atoms with Crippen LogP contribution in [0.25, 0.3) is 35.5 Å². The van der Waals surface area contributed by atoms with Crippen LogP contribution in [0.15, 0.2) is 146 Å². The maximum Gasteiger partial charge on any atom is 0.126 e. The van der Waals surface area contributed by atoms with Crippen molar-refractivity contribution in [1.29, 1.82) is 0 Å². The van der Waals surface area contributed by atoms with E-state index in [9.17, 15) is 0 Å². The molecule has 2 aliphatic carbocycles. The molecule has 0 amide bonds. The van der Waals surface area contributed by atoms with Crippen LogP contribution in [-0.2, 0) is 26.6 Å². The van der Waals surface area contributed by atoms with Crippen LogP contribution in [0, 0.1) is 0 Å². The molecule has 1 saturated heterocycles. The van der Waals surface area contributed by atoms with Crippen molar-refractivity contribution < 1.29 is 26.5 Å². The summed E-state index contributed by atoms with van der Waals surface area (Å²) in [5.74, 6) is 2.04. The molecule has 6 aromatic carbocycles. The molecule has 11 rings (SSSR count). The second kappa shape index (κ2) is 13.2. The fraction of sp³-hybridized carbons (Fsp3) is 0.125. The number of thioether (sulfide) groups is 1. The van der Waals surface area contributed by atoms with Gasteiger partial charge in [-0.3, -0.25) is 0 Å². The quantitative estimate of drug-likeness (QED) is 0.114. The van der Waals surface area contributed by atoms with E-state index in [2.05, 4.69) is 176 Å². The summed E-state index contributed by atoms with van der Waals surface area (Å²) in [6, 6.07) is 52.1. The molecule has 3 heterocycles. The first-order chi connectivity index (χ1) is 25.3. The molecule has 52 heavy (non-hydrogen) atoms. The maximum atomic E-state index is 6.01. The Morgan fingerprint density at radius 1 is 0.442 bits per heavy atom. The van der Waals surface area contributed by atoms with Gasteiger partial charge in [0.15, 0.2) is 0 Å². The molecular formula is C48H36CuO2S. The molecule has 3 aliphatic heterocycles. The van der Waals surface area contributed by atoms with Gasteiger partial charge in [-0.15, -0.1) is 11.8 Å². The number of para-hydroxylation sites is 2. The van der Waals surface area contributed by atoms with Crippen molar-refractivity contribution in [1.82, 2.24) is 0 Å². The Hall–Kier alpha value is -4.99. The predicted molar refractivity (Wildman–Crippen MR) is 213 cm³/mol. The molecule has 1 unspecified atom stereocenters. The van der Waals surface area contributed by atoms with Gasteiger partial charge in [0.25, 0.3) is 0 Å². The summed E-state index contributed by atoms with van der Waals surface area (Å²) in [6.07, 6.45) is 11.0. The normalized spacial score (nSPS) is 18.9. The number of ether oxygens (including phenoxy) is 2. The average molecular weight is 740 g/mol. The Bertz CT molecular complexity index is 2340. The van der Waals surface area contributed by atoms with Crippen LogP contribution in [0.3, 0.4) is 0 Å². The second-order valence-corrected chi connectivity index (χ2v) is 15.2. The fourth-order valence-electron chi connectivity index (χ4n) is 8.76. The van der Waals surface area contributed by atoms with E-state index in [1.165, 1.54) is 66.8 Å². The zero-order valence-corrected chi connectivity index (χ0v) is 30.3. The first-order valence-electron chi connectivity index (χ1n) is 17.9. The topological polar surface area (TPSA) is 18.5 Å². The van der Waals surface area contributed by atoms with Crippen molar-refractivity contribution >= 4 is 47.2 Å².